The Bertz CT molecular complexity index is 1240. The lowest BCUT2D eigenvalue weighted by molar-refractivity contribution is -0.134. The number of thioether (sulfide) groups is 1. The number of methoxy groups -OCH3 is 1. The third-order valence-corrected chi connectivity index (χ3v) is 8.20. The predicted octanol–water partition coefficient (Wildman–Crippen LogP) is 5.05. The van der Waals surface area contributed by atoms with Crippen LogP contribution in [-0.4, -0.2) is 49.4 Å². The lowest BCUT2D eigenvalue weighted by Crippen LogP contribution is -2.48. The maximum atomic E-state index is 13.7. The summed E-state index contributed by atoms with van der Waals surface area (Å²) in [4.78, 5) is 40.1. The molecule has 4 atom stereocenters. The van der Waals surface area contributed by atoms with E-state index < -0.39 is 11.9 Å². The van der Waals surface area contributed by atoms with Crippen LogP contribution in [0.25, 0.3) is 0 Å². The number of halogens is 1. The average molecular weight is 528 g/mol. The minimum atomic E-state index is -0.566. The third-order valence-electron chi connectivity index (χ3n) is 6.87. The molecule has 2 aliphatic rings. The Morgan fingerprint density at radius 1 is 1.08 bits per heavy atom. The van der Waals surface area contributed by atoms with E-state index in [2.05, 4.69) is 11.8 Å². The zero-order valence-electron chi connectivity index (χ0n) is 21.4. The van der Waals surface area contributed by atoms with Crippen LogP contribution in [0.5, 0.6) is 11.5 Å². The van der Waals surface area contributed by atoms with Crippen LogP contribution in [0.1, 0.15) is 49.5 Å². The van der Waals surface area contributed by atoms with Gasteiger partial charge in [0.25, 0.3) is 0 Å². The molecule has 2 aromatic rings. The number of carbonyl (C=O) groups is 3. The molecular weight excluding hydrogens is 497 g/mol. The molecule has 0 bridgehead atoms. The van der Waals surface area contributed by atoms with E-state index in [0.717, 1.165) is 17.0 Å². The van der Waals surface area contributed by atoms with Crippen LogP contribution in [0.15, 0.2) is 53.1 Å². The summed E-state index contributed by atoms with van der Waals surface area (Å²) in [5.74, 6) is -1.52. The highest BCUT2D eigenvalue weighted by Crippen LogP contribution is 2.58. The van der Waals surface area contributed by atoms with E-state index in [1.807, 2.05) is 19.2 Å². The first-order chi connectivity index (χ1) is 17.6. The van der Waals surface area contributed by atoms with Crippen molar-refractivity contribution in [1.82, 2.24) is 4.90 Å². The second-order valence-electron chi connectivity index (χ2n) is 9.19. The molecule has 7 nitrogen and oxygen atoms in total. The van der Waals surface area contributed by atoms with E-state index in [1.54, 1.807) is 30.0 Å². The maximum absolute atomic E-state index is 13.7. The van der Waals surface area contributed by atoms with Crippen LogP contribution in [0.3, 0.4) is 0 Å². The number of likely N-dealkylation sites (N-methyl/N-ethyl adjacent to an activating group) is 1. The summed E-state index contributed by atoms with van der Waals surface area (Å²) < 4.78 is 30.2. The van der Waals surface area contributed by atoms with Gasteiger partial charge in [-0.05, 0) is 55.6 Å². The van der Waals surface area contributed by atoms with Crippen molar-refractivity contribution < 1.29 is 33.0 Å². The number of carbonyl (C=O) groups excluding carboxylic acids is 3. The molecule has 0 amide bonds. The standard InChI is InChI=1S/C28H30FNO6S/c1-6-30(4)26-21-14-24(34-5)22(33)13-20(21)25-19(28(26)37-18-9-7-17(29)8-10-18)11-12-23(35-15(2)31)27(25)36-16(3)32/h7-12,14,20-21,26,28H,6,13H2,1-5H3. The van der Waals surface area contributed by atoms with Gasteiger partial charge in [-0.1, -0.05) is 13.0 Å². The number of hydrogen-bond donors (Lipinski definition) is 0. The van der Waals surface area contributed by atoms with Crippen LogP contribution in [0.2, 0.25) is 0 Å². The van der Waals surface area contributed by atoms with E-state index in [4.69, 9.17) is 14.2 Å². The van der Waals surface area contributed by atoms with Crippen molar-refractivity contribution in [3.05, 3.63) is 65.2 Å². The number of ketones is 1. The summed E-state index contributed by atoms with van der Waals surface area (Å²) in [6.07, 6.45) is 2.02. The van der Waals surface area contributed by atoms with Crippen molar-refractivity contribution in [2.75, 3.05) is 20.7 Å². The molecule has 4 rings (SSSR count). The van der Waals surface area contributed by atoms with Gasteiger partial charge in [0.15, 0.2) is 23.0 Å². The van der Waals surface area contributed by atoms with Gasteiger partial charge in [-0.25, -0.2) is 4.39 Å². The van der Waals surface area contributed by atoms with Crippen molar-refractivity contribution >= 4 is 29.5 Å². The molecule has 0 radical (unpaired) electrons. The van der Waals surface area contributed by atoms with Gasteiger partial charge in [-0.2, -0.15) is 0 Å². The van der Waals surface area contributed by atoms with Crippen molar-refractivity contribution in [2.24, 2.45) is 5.92 Å². The Morgan fingerprint density at radius 2 is 1.76 bits per heavy atom. The Morgan fingerprint density at radius 3 is 2.35 bits per heavy atom. The molecule has 0 saturated heterocycles. The number of benzene rings is 2. The molecule has 2 aromatic carbocycles. The summed E-state index contributed by atoms with van der Waals surface area (Å²) in [6, 6.07) is 9.73. The first kappa shape index (κ1) is 26.9. The van der Waals surface area contributed by atoms with Gasteiger partial charge in [-0.3, -0.25) is 14.4 Å². The summed E-state index contributed by atoms with van der Waals surface area (Å²) in [6.45, 7) is 5.37. The van der Waals surface area contributed by atoms with E-state index in [-0.39, 0.29) is 52.6 Å². The van der Waals surface area contributed by atoms with Crippen molar-refractivity contribution in [3.8, 4) is 11.5 Å². The largest absolute Gasteiger partial charge is 0.493 e. The number of esters is 2. The average Bonchev–Trinajstić information content (AvgIpc) is 2.85. The molecular formula is C28H30FNO6S. The molecule has 2 aliphatic carbocycles. The molecule has 196 valence electrons. The summed E-state index contributed by atoms with van der Waals surface area (Å²) in [5, 5.41) is -0.185. The number of rotatable bonds is 7. The number of nitrogens with zero attached hydrogens (tertiary/aromatic N) is 1. The lowest BCUT2D eigenvalue weighted by Gasteiger charge is -2.48. The van der Waals surface area contributed by atoms with Crippen LogP contribution < -0.4 is 9.47 Å². The summed E-state index contributed by atoms with van der Waals surface area (Å²) in [5.41, 5.74) is 1.54. The number of allylic oxidation sites excluding steroid dienone is 1. The quantitative estimate of drug-likeness (QED) is 0.366. The van der Waals surface area contributed by atoms with E-state index in [9.17, 15) is 18.8 Å². The SMILES string of the molecule is CCN(C)C1C(Sc2ccc(F)cc2)c2ccc(OC(C)=O)c(OC(C)=O)c2C2CC(=O)C(OC)=CC21. The van der Waals surface area contributed by atoms with Gasteiger partial charge >= 0.3 is 11.9 Å². The maximum Gasteiger partial charge on any atom is 0.308 e. The summed E-state index contributed by atoms with van der Waals surface area (Å²) in [7, 11) is 3.51. The van der Waals surface area contributed by atoms with E-state index in [1.165, 1.54) is 33.1 Å². The van der Waals surface area contributed by atoms with Gasteiger partial charge in [0, 0.05) is 48.6 Å². The van der Waals surface area contributed by atoms with Crippen molar-refractivity contribution in [2.45, 2.75) is 49.3 Å². The highest BCUT2D eigenvalue weighted by atomic mass is 32.2. The fourth-order valence-corrected chi connectivity index (χ4v) is 6.70. The molecule has 0 aromatic heterocycles. The Labute approximate surface area is 219 Å². The monoisotopic (exact) mass is 527 g/mol. The van der Waals surface area contributed by atoms with E-state index >= 15 is 0 Å². The van der Waals surface area contributed by atoms with Crippen LogP contribution in [-0.2, 0) is 19.1 Å². The van der Waals surface area contributed by atoms with Gasteiger partial charge < -0.3 is 19.1 Å². The predicted molar refractivity (Wildman–Crippen MR) is 137 cm³/mol. The van der Waals surface area contributed by atoms with Gasteiger partial charge in [0.05, 0.1) is 12.4 Å². The molecule has 0 heterocycles. The minimum Gasteiger partial charge on any atom is -0.493 e. The molecule has 9 heteroatoms. The highest BCUT2D eigenvalue weighted by Gasteiger charge is 2.49. The number of fused-ring (bicyclic) bond motifs is 3. The minimum absolute atomic E-state index is 0.0689. The molecule has 0 spiro atoms. The van der Waals surface area contributed by atoms with Crippen LogP contribution in [0.4, 0.5) is 4.39 Å². The van der Waals surface area contributed by atoms with Crippen molar-refractivity contribution in [1.29, 1.82) is 0 Å². The third kappa shape index (κ3) is 5.43. The number of Topliss-reactive ketones (excluding diaryl/α,β-unsaturated/α-hetero) is 1. The molecule has 0 aliphatic heterocycles. The van der Waals surface area contributed by atoms with Gasteiger partial charge in [-0.15, -0.1) is 11.8 Å². The molecule has 0 saturated carbocycles. The molecule has 0 fully saturated rings. The first-order valence-corrected chi connectivity index (χ1v) is 13.0. The topological polar surface area (TPSA) is 82.1 Å². The van der Waals surface area contributed by atoms with Crippen molar-refractivity contribution in [3.63, 3.8) is 0 Å². The zero-order chi connectivity index (χ0) is 26.9. The number of ether oxygens (including phenoxy) is 3. The fourth-order valence-electron chi connectivity index (χ4n) is 5.26. The number of hydrogen-bond acceptors (Lipinski definition) is 8. The van der Waals surface area contributed by atoms with Crippen LogP contribution in [0, 0.1) is 11.7 Å². The highest BCUT2D eigenvalue weighted by molar-refractivity contribution is 7.99. The second-order valence-corrected chi connectivity index (χ2v) is 10.4. The van der Waals surface area contributed by atoms with Gasteiger partial charge in [0.1, 0.15) is 5.82 Å². The van der Waals surface area contributed by atoms with Crippen LogP contribution >= 0.6 is 11.8 Å². The molecule has 4 unspecified atom stereocenters. The molecule has 37 heavy (non-hydrogen) atoms. The second kappa shape index (κ2) is 11.1. The van der Waals surface area contributed by atoms with E-state index in [0.29, 0.717) is 11.3 Å². The lowest BCUT2D eigenvalue weighted by atomic mass is 9.66. The zero-order valence-corrected chi connectivity index (χ0v) is 22.3. The Hall–Kier alpha value is -3.17. The smallest absolute Gasteiger partial charge is 0.308 e. The summed E-state index contributed by atoms with van der Waals surface area (Å²) >= 11 is 1.57. The first-order valence-electron chi connectivity index (χ1n) is 12.1. The normalized spacial score (nSPS) is 22.6. The Kier molecular flexibility index (Phi) is 8.04. The Balaban J connectivity index is 1.98. The molecule has 0 N–H and O–H groups in total. The van der Waals surface area contributed by atoms with Gasteiger partial charge in [0.2, 0.25) is 0 Å². The fraction of sp³-hybridized carbons (Fsp3) is 0.393.